The normalized spacial score (nSPS) is 42.5. The molecule has 0 aliphatic carbocycles. The number of hydrogen-bond donors (Lipinski definition) is 9. The van der Waals surface area contributed by atoms with Crippen LogP contribution in [0, 0.1) is 5.92 Å². The molecule has 3 saturated heterocycles. The lowest BCUT2D eigenvalue weighted by Crippen LogP contribution is -2.65. The predicted molar refractivity (Wildman–Crippen MR) is 156 cm³/mol. The molecule has 46 heavy (non-hydrogen) atoms. The quantitative estimate of drug-likeness (QED) is 0.0736. The van der Waals surface area contributed by atoms with E-state index in [1.54, 1.807) is 27.7 Å². The van der Waals surface area contributed by atoms with Crippen LogP contribution < -0.4 is 0 Å². The molecule has 3 rings (SSSR count). The van der Waals surface area contributed by atoms with Gasteiger partial charge in [0.05, 0.1) is 36.9 Å². The van der Waals surface area contributed by atoms with Crippen LogP contribution in [0.2, 0.25) is 0 Å². The van der Waals surface area contributed by atoms with Gasteiger partial charge in [-0.1, -0.05) is 13.8 Å². The van der Waals surface area contributed by atoms with Crippen LogP contribution >= 0.6 is 0 Å². The Morgan fingerprint density at radius 3 is 1.80 bits per heavy atom. The third-order valence-corrected chi connectivity index (χ3v) is 10.9. The van der Waals surface area contributed by atoms with E-state index >= 15 is 0 Å². The lowest BCUT2D eigenvalue weighted by Gasteiger charge is -2.47. The maximum absolute atomic E-state index is 11.9. The van der Waals surface area contributed by atoms with Gasteiger partial charge in [0.25, 0.3) is 0 Å². The van der Waals surface area contributed by atoms with Gasteiger partial charge in [-0.05, 0) is 32.6 Å². The molecule has 0 saturated carbocycles. The van der Waals surface area contributed by atoms with Crippen molar-refractivity contribution in [2.45, 2.75) is 138 Å². The van der Waals surface area contributed by atoms with Gasteiger partial charge in [0.15, 0.2) is 22.4 Å². The first-order valence-electron chi connectivity index (χ1n) is 15.6. The summed E-state index contributed by atoms with van der Waals surface area (Å²) in [5.41, 5.74) is 0. The Balaban J connectivity index is 1.61. The highest BCUT2D eigenvalue weighted by atomic mass is 32.2. The second-order valence-electron chi connectivity index (χ2n) is 12.7. The van der Waals surface area contributed by atoms with Gasteiger partial charge in [-0.2, -0.15) is 0 Å². The molecular formula is C28H52O17S. The Bertz CT molecular complexity index is 1010. The fourth-order valence-corrected chi connectivity index (χ4v) is 6.55. The van der Waals surface area contributed by atoms with E-state index in [1.807, 2.05) is 0 Å². The number of unbranched alkanes of at least 4 members (excludes halogenated alkanes) is 1. The average Bonchev–Trinajstić information content (AvgIpc) is 3.00. The minimum absolute atomic E-state index is 0.00952. The van der Waals surface area contributed by atoms with Crippen molar-refractivity contribution in [2.24, 2.45) is 5.92 Å². The summed E-state index contributed by atoms with van der Waals surface area (Å²) in [5, 5.41) is 93.1. The van der Waals surface area contributed by atoms with Gasteiger partial charge in [0.2, 0.25) is 0 Å². The van der Waals surface area contributed by atoms with Gasteiger partial charge in [-0.3, -0.25) is 0 Å². The van der Waals surface area contributed by atoms with Gasteiger partial charge in [-0.15, -0.1) is 0 Å². The first-order valence-corrected chi connectivity index (χ1v) is 17.3. The Kier molecular flexibility index (Phi) is 15.0. The summed E-state index contributed by atoms with van der Waals surface area (Å²) in [6, 6.07) is 0. The van der Waals surface area contributed by atoms with Gasteiger partial charge in [0, 0.05) is 6.61 Å². The molecule has 272 valence electrons. The fourth-order valence-electron chi connectivity index (χ4n) is 5.47. The third kappa shape index (κ3) is 9.52. The van der Waals surface area contributed by atoms with Crippen LogP contribution in [0.15, 0.2) is 0 Å². The summed E-state index contributed by atoms with van der Waals surface area (Å²) < 4.78 is 57.7. The molecule has 17 nitrogen and oxygen atoms in total. The molecule has 0 aromatic rings. The number of aliphatic hydroxyl groups excluding tert-OH is 9. The molecule has 0 amide bonds. The molecule has 18 heteroatoms. The van der Waals surface area contributed by atoms with Crippen LogP contribution in [-0.2, 0) is 38.3 Å². The number of aliphatic hydroxyl groups is 9. The van der Waals surface area contributed by atoms with Crippen molar-refractivity contribution in [2.75, 3.05) is 32.2 Å². The fraction of sp³-hybridized carbons (Fsp3) is 1.00. The maximum atomic E-state index is 11.9. The summed E-state index contributed by atoms with van der Waals surface area (Å²) in [6.07, 6.45) is -21.6. The molecule has 0 spiro atoms. The summed E-state index contributed by atoms with van der Waals surface area (Å²) in [6.45, 7) is 5.44. The molecule has 15 atom stereocenters. The van der Waals surface area contributed by atoms with E-state index in [9.17, 15) is 54.4 Å². The molecule has 0 bridgehead atoms. The molecule has 15 unspecified atom stereocenters. The zero-order valence-corrected chi connectivity index (χ0v) is 27.3. The first kappa shape index (κ1) is 39.8. The smallest absolute Gasteiger partial charge is 0.187 e. The second kappa shape index (κ2) is 17.3. The van der Waals surface area contributed by atoms with Gasteiger partial charge < -0.3 is 74.4 Å². The molecular weight excluding hydrogens is 640 g/mol. The standard InChI is InChI=1S/C28H52O17S/c1-12(2)25-24(37)26(45-28-23(36)20(33)17(30)14(9-29)43-28)19(32)16(42-25)11-41-27-22(35)21(34)18(31)15(44-27)10-40-7-5-6-8-46(38,39)13(3)4/h12-37H,5-11H2,1-4H3. The highest BCUT2D eigenvalue weighted by molar-refractivity contribution is 7.91. The summed E-state index contributed by atoms with van der Waals surface area (Å²) in [4.78, 5) is 0. The predicted octanol–water partition coefficient (Wildman–Crippen LogP) is -4.24. The minimum atomic E-state index is -3.18. The van der Waals surface area contributed by atoms with Gasteiger partial charge in [-0.25, -0.2) is 8.42 Å². The highest BCUT2D eigenvalue weighted by Gasteiger charge is 2.52. The lowest BCUT2D eigenvalue weighted by molar-refractivity contribution is -0.349. The van der Waals surface area contributed by atoms with Crippen molar-refractivity contribution in [3.63, 3.8) is 0 Å². The van der Waals surface area contributed by atoms with Crippen molar-refractivity contribution < 1.29 is 82.8 Å². The summed E-state index contributed by atoms with van der Waals surface area (Å²) >= 11 is 0. The summed E-state index contributed by atoms with van der Waals surface area (Å²) in [5.74, 6) is -0.318. The Hall–Kier alpha value is -0.650. The van der Waals surface area contributed by atoms with E-state index in [4.69, 9.17) is 28.4 Å². The second-order valence-corrected chi connectivity index (χ2v) is 15.4. The van der Waals surface area contributed by atoms with E-state index < -0.39 is 120 Å². The van der Waals surface area contributed by atoms with E-state index in [2.05, 4.69) is 0 Å². The molecule has 0 aromatic carbocycles. The minimum Gasteiger partial charge on any atom is -0.394 e. The van der Waals surface area contributed by atoms with E-state index in [0.717, 1.165) is 0 Å². The molecule has 3 fully saturated rings. The first-order chi connectivity index (χ1) is 21.5. The molecule has 0 aromatic heterocycles. The number of rotatable bonds is 15. The van der Waals surface area contributed by atoms with Crippen LogP contribution in [0.25, 0.3) is 0 Å². The van der Waals surface area contributed by atoms with Crippen molar-refractivity contribution in [3.8, 4) is 0 Å². The number of sulfone groups is 1. The number of ether oxygens (including phenoxy) is 6. The molecule has 9 N–H and O–H groups in total. The maximum Gasteiger partial charge on any atom is 0.187 e. The average molecular weight is 693 g/mol. The van der Waals surface area contributed by atoms with E-state index in [0.29, 0.717) is 12.8 Å². The van der Waals surface area contributed by atoms with Crippen LogP contribution in [-0.4, -0.2) is 184 Å². The monoisotopic (exact) mass is 692 g/mol. The van der Waals surface area contributed by atoms with Gasteiger partial charge >= 0.3 is 0 Å². The van der Waals surface area contributed by atoms with Crippen LogP contribution in [0.1, 0.15) is 40.5 Å². The zero-order valence-electron chi connectivity index (χ0n) is 26.5. The highest BCUT2D eigenvalue weighted by Crippen LogP contribution is 2.32. The van der Waals surface area contributed by atoms with Crippen LogP contribution in [0.4, 0.5) is 0 Å². The van der Waals surface area contributed by atoms with Crippen molar-refractivity contribution in [1.82, 2.24) is 0 Å². The molecule has 0 radical (unpaired) electrons. The van der Waals surface area contributed by atoms with Gasteiger partial charge in [0.1, 0.15) is 73.2 Å². The number of hydrogen-bond acceptors (Lipinski definition) is 17. The lowest BCUT2D eigenvalue weighted by atomic mass is 9.89. The van der Waals surface area contributed by atoms with E-state index in [-0.39, 0.29) is 24.9 Å². The van der Waals surface area contributed by atoms with Crippen molar-refractivity contribution >= 4 is 9.84 Å². The molecule has 3 aliphatic heterocycles. The molecule has 3 aliphatic rings. The topological polar surface area (TPSA) is 272 Å². The van der Waals surface area contributed by atoms with Crippen LogP contribution in [0.5, 0.6) is 0 Å². The summed E-state index contributed by atoms with van der Waals surface area (Å²) in [7, 11) is -3.18. The Morgan fingerprint density at radius 2 is 1.22 bits per heavy atom. The van der Waals surface area contributed by atoms with Crippen LogP contribution in [0.3, 0.4) is 0 Å². The molecule has 3 heterocycles. The Labute approximate surface area is 268 Å². The zero-order chi connectivity index (χ0) is 34.5. The van der Waals surface area contributed by atoms with E-state index in [1.165, 1.54) is 0 Å². The van der Waals surface area contributed by atoms with Crippen molar-refractivity contribution in [3.05, 3.63) is 0 Å². The Morgan fingerprint density at radius 1 is 0.652 bits per heavy atom. The third-order valence-electron chi connectivity index (χ3n) is 8.58. The van der Waals surface area contributed by atoms with Crippen molar-refractivity contribution in [1.29, 1.82) is 0 Å². The SMILES string of the molecule is CC(C)C1OC(COC2OC(COCCCCS(=O)(=O)C(C)C)C(O)C(O)C2O)C(O)C(OC2OC(CO)C(O)C(O)C2O)C1O. The largest absolute Gasteiger partial charge is 0.394 e.